The first-order chi connectivity index (χ1) is 9.30. The molecule has 0 aliphatic rings. The van der Waals surface area contributed by atoms with Gasteiger partial charge in [-0.25, -0.2) is 13.6 Å². The summed E-state index contributed by atoms with van der Waals surface area (Å²) in [7, 11) is -3.72. The van der Waals surface area contributed by atoms with E-state index in [-0.39, 0.29) is 4.90 Å². The normalized spacial score (nSPS) is 11.8. The van der Waals surface area contributed by atoms with Crippen LogP contribution in [0, 0.1) is 5.92 Å². The molecule has 0 radical (unpaired) electrons. The first-order valence-electron chi connectivity index (χ1n) is 6.54. The van der Waals surface area contributed by atoms with E-state index in [2.05, 4.69) is 19.2 Å². The molecule has 0 aliphatic carbocycles. The predicted molar refractivity (Wildman–Crippen MR) is 81.0 cm³/mol. The Hall–Kier alpha value is -1.31. The van der Waals surface area contributed by atoms with Crippen molar-refractivity contribution < 1.29 is 13.2 Å². The number of nitrogens with two attached hydrogens (primary N) is 2. The molecule has 0 heterocycles. The fourth-order valence-electron chi connectivity index (χ4n) is 1.56. The summed E-state index contributed by atoms with van der Waals surface area (Å²) in [5.74, 6) is 0.629. The van der Waals surface area contributed by atoms with Crippen molar-refractivity contribution in [3.63, 3.8) is 0 Å². The summed E-state index contributed by atoms with van der Waals surface area (Å²) < 4.78 is 27.8. The van der Waals surface area contributed by atoms with Gasteiger partial charge in [-0.05, 0) is 30.5 Å². The number of ether oxygens (including phenoxy) is 1. The summed E-state index contributed by atoms with van der Waals surface area (Å²) in [4.78, 5) is 0.00809. The van der Waals surface area contributed by atoms with Gasteiger partial charge in [0, 0.05) is 13.2 Å². The van der Waals surface area contributed by atoms with E-state index in [4.69, 9.17) is 15.6 Å². The van der Waals surface area contributed by atoms with Gasteiger partial charge in [0.15, 0.2) is 0 Å². The molecule has 0 saturated heterocycles. The van der Waals surface area contributed by atoms with Crippen molar-refractivity contribution in [1.82, 2.24) is 0 Å². The number of benzene rings is 1. The third-order valence-corrected chi connectivity index (χ3v) is 3.66. The molecule has 0 spiro atoms. The second-order valence-corrected chi connectivity index (χ2v) is 6.58. The van der Waals surface area contributed by atoms with Crippen LogP contribution in [0.25, 0.3) is 0 Å². The molecule has 1 rings (SSSR count). The largest absolute Gasteiger partial charge is 0.397 e. The minimum atomic E-state index is -3.72. The third-order valence-electron chi connectivity index (χ3n) is 2.75. The molecule has 0 fully saturated rings. The molecule has 0 aromatic heterocycles. The van der Waals surface area contributed by atoms with Crippen LogP contribution in [0.1, 0.15) is 20.3 Å². The summed E-state index contributed by atoms with van der Waals surface area (Å²) in [6, 6.07) is 4.37. The topological polar surface area (TPSA) is 107 Å². The van der Waals surface area contributed by atoms with Gasteiger partial charge in [-0.1, -0.05) is 13.8 Å². The fraction of sp³-hybridized carbons (Fsp3) is 0.538. The summed E-state index contributed by atoms with van der Waals surface area (Å²) in [6.45, 7) is 6.21. The van der Waals surface area contributed by atoms with Gasteiger partial charge in [-0.2, -0.15) is 0 Å². The summed E-state index contributed by atoms with van der Waals surface area (Å²) in [6.07, 6.45) is 1.03. The van der Waals surface area contributed by atoms with Gasteiger partial charge >= 0.3 is 0 Å². The van der Waals surface area contributed by atoms with Crippen molar-refractivity contribution in [2.75, 3.05) is 30.8 Å². The molecule has 5 N–H and O–H groups in total. The first kappa shape index (κ1) is 16.7. The molecule has 0 aliphatic heterocycles. The highest BCUT2D eigenvalue weighted by Crippen LogP contribution is 2.21. The summed E-state index contributed by atoms with van der Waals surface area (Å²) >= 11 is 0. The SMILES string of the molecule is CC(C)CCOCCNc1ccc(S(N)(=O)=O)cc1N. The molecule has 7 heteroatoms. The number of rotatable bonds is 8. The second kappa shape index (κ2) is 7.47. The Kier molecular flexibility index (Phi) is 6.25. The first-order valence-corrected chi connectivity index (χ1v) is 8.09. The van der Waals surface area contributed by atoms with E-state index in [0.717, 1.165) is 13.0 Å². The molecule has 0 bridgehead atoms. The maximum atomic E-state index is 11.2. The zero-order valence-corrected chi connectivity index (χ0v) is 12.7. The van der Waals surface area contributed by atoms with E-state index < -0.39 is 10.0 Å². The lowest BCUT2D eigenvalue weighted by Crippen LogP contribution is -2.14. The Labute approximate surface area is 120 Å². The van der Waals surface area contributed by atoms with Gasteiger partial charge in [-0.3, -0.25) is 0 Å². The number of nitrogens with one attached hydrogen (secondary N) is 1. The number of hydrogen-bond donors (Lipinski definition) is 3. The minimum Gasteiger partial charge on any atom is -0.397 e. The van der Waals surface area contributed by atoms with Crippen LogP contribution in [0.4, 0.5) is 11.4 Å². The van der Waals surface area contributed by atoms with Crippen molar-refractivity contribution in [2.24, 2.45) is 11.1 Å². The molecule has 0 atom stereocenters. The smallest absolute Gasteiger partial charge is 0.238 e. The molecule has 0 unspecified atom stereocenters. The molecule has 0 amide bonds. The van der Waals surface area contributed by atoms with Crippen LogP contribution in [0.3, 0.4) is 0 Å². The Morgan fingerprint density at radius 3 is 2.55 bits per heavy atom. The monoisotopic (exact) mass is 301 g/mol. The highest BCUT2D eigenvalue weighted by Gasteiger charge is 2.09. The van der Waals surface area contributed by atoms with E-state index in [1.165, 1.54) is 12.1 Å². The zero-order chi connectivity index (χ0) is 15.2. The highest BCUT2D eigenvalue weighted by atomic mass is 32.2. The van der Waals surface area contributed by atoms with Gasteiger partial charge in [0.05, 0.1) is 22.9 Å². The molecule has 6 nitrogen and oxygen atoms in total. The van der Waals surface area contributed by atoms with E-state index >= 15 is 0 Å². The Bertz CT molecular complexity index is 530. The third kappa shape index (κ3) is 5.77. The number of primary sulfonamides is 1. The van der Waals surface area contributed by atoms with Crippen molar-refractivity contribution in [3.05, 3.63) is 18.2 Å². The van der Waals surface area contributed by atoms with Crippen LogP contribution < -0.4 is 16.2 Å². The lowest BCUT2D eigenvalue weighted by Gasteiger charge is -2.11. The Morgan fingerprint density at radius 1 is 1.30 bits per heavy atom. The van der Waals surface area contributed by atoms with E-state index in [1.54, 1.807) is 6.07 Å². The zero-order valence-electron chi connectivity index (χ0n) is 11.9. The molecule has 0 saturated carbocycles. The Balaban J connectivity index is 2.42. The fourth-order valence-corrected chi connectivity index (χ4v) is 2.11. The summed E-state index contributed by atoms with van der Waals surface area (Å²) in [5.41, 5.74) is 6.79. The van der Waals surface area contributed by atoms with Crippen LogP contribution in [0.2, 0.25) is 0 Å². The molecule has 1 aromatic carbocycles. The molecular formula is C13H23N3O3S. The standard InChI is InChI=1S/C13H23N3O3S/c1-10(2)5-7-19-8-6-16-13-4-3-11(9-12(13)14)20(15,17)18/h3-4,9-10,16H,5-8,14H2,1-2H3,(H2,15,17,18). The van der Waals surface area contributed by atoms with Gasteiger partial charge in [0.2, 0.25) is 10.0 Å². The van der Waals surface area contributed by atoms with E-state index in [1.807, 2.05) is 0 Å². The second-order valence-electron chi connectivity index (χ2n) is 5.02. The summed E-state index contributed by atoms with van der Waals surface area (Å²) in [5, 5.41) is 8.13. The molecule has 1 aromatic rings. The quantitative estimate of drug-likeness (QED) is 0.497. The Morgan fingerprint density at radius 2 is 2.00 bits per heavy atom. The predicted octanol–water partition coefficient (Wildman–Crippen LogP) is 1.39. The van der Waals surface area contributed by atoms with Gasteiger partial charge < -0.3 is 15.8 Å². The highest BCUT2D eigenvalue weighted by molar-refractivity contribution is 7.89. The molecule has 114 valence electrons. The van der Waals surface area contributed by atoms with Crippen LogP contribution in [0.5, 0.6) is 0 Å². The molecular weight excluding hydrogens is 278 g/mol. The number of sulfonamides is 1. The van der Waals surface area contributed by atoms with Crippen molar-refractivity contribution in [2.45, 2.75) is 25.2 Å². The number of anilines is 2. The average molecular weight is 301 g/mol. The van der Waals surface area contributed by atoms with Crippen molar-refractivity contribution >= 4 is 21.4 Å². The van der Waals surface area contributed by atoms with Crippen LogP contribution in [-0.4, -0.2) is 28.2 Å². The maximum absolute atomic E-state index is 11.2. The number of hydrogen-bond acceptors (Lipinski definition) is 5. The lowest BCUT2D eigenvalue weighted by atomic mass is 10.1. The minimum absolute atomic E-state index is 0.00809. The van der Waals surface area contributed by atoms with E-state index in [0.29, 0.717) is 30.4 Å². The van der Waals surface area contributed by atoms with Crippen LogP contribution in [-0.2, 0) is 14.8 Å². The van der Waals surface area contributed by atoms with Crippen molar-refractivity contribution in [3.8, 4) is 0 Å². The maximum Gasteiger partial charge on any atom is 0.238 e. The van der Waals surface area contributed by atoms with Crippen molar-refractivity contribution in [1.29, 1.82) is 0 Å². The molecule has 20 heavy (non-hydrogen) atoms. The number of nitrogen functional groups attached to an aromatic ring is 1. The van der Waals surface area contributed by atoms with Gasteiger partial charge in [-0.15, -0.1) is 0 Å². The lowest BCUT2D eigenvalue weighted by molar-refractivity contribution is 0.132. The van der Waals surface area contributed by atoms with Gasteiger partial charge in [0.1, 0.15) is 0 Å². The van der Waals surface area contributed by atoms with E-state index in [9.17, 15) is 8.42 Å². The van der Waals surface area contributed by atoms with Crippen LogP contribution in [0.15, 0.2) is 23.1 Å². The van der Waals surface area contributed by atoms with Gasteiger partial charge in [0.25, 0.3) is 0 Å². The average Bonchev–Trinajstić information content (AvgIpc) is 2.33. The van der Waals surface area contributed by atoms with Crippen LogP contribution >= 0.6 is 0 Å².